The van der Waals surface area contributed by atoms with Gasteiger partial charge in [0.1, 0.15) is 4.90 Å². The highest BCUT2D eigenvalue weighted by Crippen LogP contribution is 2.25. The molecule has 3 rings (SSSR count). The number of hydrogen-bond acceptors (Lipinski definition) is 5. The van der Waals surface area contributed by atoms with Crippen LogP contribution in [0, 0.1) is 12.8 Å². The van der Waals surface area contributed by atoms with Gasteiger partial charge in [-0.05, 0) is 49.5 Å². The molecule has 0 spiro atoms. The van der Waals surface area contributed by atoms with Gasteiger partial charge in [0.05, 0.1) is 28.3 Å². The van der Waals surface area contributed by atoms with Gasteiger partial charge in [-0.3, -0.25) is 14.2 Å². The maximum Gasteiger partial charge on any atom is 0.246 e. The molecule has 3 heterocycles. The molecule has 0 unspecified atom stereocenters. The molecule has 1 aliphatic heterocycles. The lowest BCUT2D eigenvalue weighted by molar-refractivity contribution is -0.126. The fourth-order valence-corrected chi connectivity index (χ4v) is 5.61. The number of nitrogens with zero attached hydrogens (tertiary/aromatic N) is 5. The van der Waals surface area contributed by atoms with E-state index in [4.69, 9.17) is 0 Å². The third kappa shape index (κ3) is 4.72. The summed E-state index contributed by atoms with van der Waals surface area (Å²) in [5.74, 6) is -0.532. The molecule has 1 amide bonds. The number of aromatic nitrogens is 4. The molecule has 0 bridgehead atoms. The fourth-order valence-electron chi connectivity index (χ4n) is 3.46. The van der Waals surface area contributed by atoms with Crippen LogP contribution in [0.15, 0.2) is 21.8 Å². The van der Waals surface area contributed by atoms with Crippen LogP contribution in [0.5, 0.6) is 0 Å². The second-order valence-electron chi connectivity index (χ2n) is 7.13. The Morgan fingerprint density at radius 2 is 1.93 bits per heavy atom. The van der Waals surface area contributed by atoms with Gasteiger partial charge >= 0.3 is 0 Å². The molecule has 0 aromatic carbocycles. The van der Waals surface area contributed by atoms with Crippen molar-refractivity contribution < 1.29 is 13.2 Å². The number of hydrogen-bond donors (Lipinski definition) is 1. The molecule has 160 valence electrons. The van der Waals surface area contributed by atoms with Crippen LogP contribution in [-0.4, -0.2) is 51.3 Å². The molecule has 0 aliphatic carbocycles. The zero-order valence-corrected chi connectivity index (χ0v) is 19.3. The number of nitrogens with one attached hydrogen (secondary N) is 1. The highest BCUT2D eigenvalue weighted by Gasteiger charge is 2.35. The minimum Gasteiger partial charge on any atom is -0.350 e. The smallest absolute Gasteiger partial charge is 0.246 e. The lowest BCUT2D eigenvalue weighted by Crippen LogP contribution is -2.45. The van der Waals surface area contributed by atoms with Gasteiger partial charge in [0.2, 0.25) is 15.9 Å². The molecule has 1 atom stereocenters. The molecule has 1 aliphatic rings. The van der Waals surface area contributed by atoms with Crippen LogP contribution in [0.3, 0.4) is 0 Å². The number of aryl methyl sites for hydroxylation is 3. The monoisotopic (exact) mass is 486 g/mol. The Morgan fingerprint density at radius 3 is 2.55 bits per heavy atom. The summed E-state index contributed by atoms with van der Waals surface area (Å²) in [6, 6.07) is 0. The molecule has 11 heteroatoms. The summed E-state index contributed by atoms with van der Waals surface area (Å²) in [6.45, 7) is 7.83. The van der Waals surface area contributed by atoms with E-state index < -0.39 is 10.0 Å². The van der Waals surface area contributed by atoms with Crippen LogP contribution >= 0.6 is 15.9 Å². The van der Waals surface area contributed by atoms with Crippen LogP contribution < -0.4 is 5.32 Å². The van der Waals surface area contributed by atoms with Crippen molar-refractivity contribution in [3.05, 3.63) is 28.3 Å². The zero-order chi connectivity index (χ0) is 21.2. The molecule has 1 N–H and O–H groups in total. The first-order valence-corrected chi connectivity index (χ1v) is 12.0. The standard InChI is InChI=1S/C18H27BrN6O3S/c1-4-23-11-15(19)16(22-23)9-20-18(26)14-7-6-8-25(10-14)29(27,28)17-12-24(5-2)21-13(17)3/h11-12,14H,4-10H2,1-3H3,(H,20,26)/t14-/m1/s1. The summed E-state index contributed by atoms with van der Waals surface area (Å²) < 4.78 is 31.8. The van der Waals surface area contributed by atoms with E-state index in [1.54, 1.807) is 22.5 Å². The van der Waals surface area contributed by atoms with E-state index in [-0.39, 0.29) is 23.3 Å². The number of carbonyl (C=O) groups excluding carboxylic acids is 1. The fraction of sp³-hybridized carbons (Fsp3) is 0.611. The average Bonchev–Trinajstić information content (AvgIpc) is 3.28. The Labute approximate surface area is 179 Å². The molecule has 0 saturated carbocycles. The number of sulfonamides is 1. The summed E-state index contributed by atoms with van der Waals surface area (Å²) >= 11 is 3.45. The Kier molecular flexibility index (Phi) is 6.79. The van der Waals surface area contributed by atoms with E-state index in [9.17, 15) is 13.2 Å². The normalized spacial score (nSPS) is 18.1. The largest absolute Gasteiger partial charge is 0.350 e. The predicted octanol–water partition coefficient (Wildman–Crippen LogP) is 1.91. The van der Waals surface area contributed by atoms with Gasteiger partial charge in [-0.15, -0.1) is 0 Å². The summed E-state index contributed by atoms with van der Waals surface area (Å²) in [7, 11) is -3.68. The van der Waals surface area contributed by atoms with Crippen molar-refractivity contribution in [1.29, 1.82) is 0 Å². The predicted molar refractivity (Wildman–Crippen MR) is 112 cm³/mol. The maximum absolute atomic E-state index is 13.1. The Hall–Kier alpha value is -1.72. The van der Waals surface area contributed by atoms with Crippen LogP contribution in [0.1, 0.15) is 38.1 Å². The van der Waals surface area contributed by atoms with Crippen molar-refractivity contribution in [2.75, 3.05) is 13.1 Å². The van der Waals surface area contributed by atoms with Crippen molar-refractivity contribution >= 4 is 31.9 Å². The third-order valence-electron chi connectivity index (χ3n) is 5.14. The number of rotatable bonds is 7. The van der Waals surface area contributed by atoms with E-state index >= 15 is 0 Å². The van der Waals surface area contributed by atoms with Crippen molar-refractivity contribution in [2.24, 2.45) is 5.92 Å². The third-order valence-corrected chi connectivity index (χ3v) is 7.77. The van der Waals surface area contributed by atoms with E-state index in [1.165, 1.54) is 4.31 Å². The first kappa shape index (κ1) is 22.0. The molecule has 2 aromatic heterocycles. The molecule has 0 radical (unpaired) electrons. The SMILES string of the molecule is CCn1cc(S(=O)(=O)N2CCC[C@@H](C(=O)NCc3nn(CC)cc3Br)C2)c(C)n1. The summed E-state index contributed by atoms with van der Waals surface area (Å²) in [6.07, 6.45) is 4.74. The van der Waals surface area contributed by atoms with E-state index in [1.807, 2.05) is 20.0 Å². The van der Waals surface area contributed by atoms with Crippen LogP contribution in [0.4, 0.5) is 0 Å². The summed E-state index contributed by atoms with van der Waals surface area (Å²) in [4.78, 5) is 12.9. The van der Waals surface area contributed by atoms with Gasteiger partial charge in [-0.2, -0.15) is 14.5 Å². The molecule has 29 heavy (non-hydrogen) atoms. The van der Waals surface area contributed by atoms with Crippen molar-refractivity contribution in [1.82, 2.24) is 29.2 Å². The number of carbonyl (C=O) groups is 1. The Morgan fingerprint density at radius 1 is 1.24 bits per heavy atom. The number of halogens is 1. The van der Waals surface area contributed by atoms with Gasteiger partial charge in [0.25, 0.3) is 0 Å². The maximum atomic E-state index is 13.1. The van der Waals surface area contributed by atoms with Crippen molar-refractivity contribution in [2.45, 2.75) is 58.1 Å². The molecule has 9 nitrogen and oxygen atoms in total. The van der Waals surface area contributed by atoms with Crippen LogP contribution in [0.2, 0.25) is 0 Å². The number of amides is 1. The van der Waals surface area contributed by atoms with Gasteiger partial charge < -0.3 is 5.32 Å². The van der Waals surface area contributed by atoms with E-state index in [0.717, 1.165) is 16.7 Å². The zero-order valence-electron chi connectivity index (χ0n) is 16.9. The highest BCUT2D eigenvalue weighted by molar-refractivity contribution is 9.10. The lowest BCUT2D eigenvalue weighted by atomic mass is 9.99. The summed E-state index contributed by atoms with van der Waals surface area (Å²) in [5.41, 5.74) is 1.23. The minimum atomic E-state index is -3.68. The second kappa shape index (κ2) is 8.97. The molecular formula is C18H27BrN6O3S. The molecule has 1 fully saturated rings. The highest BCUT2D eigenvalue weighted by atomic mass is 79.9. The van der Waals surface area contributed by atoms with Gasteiger partial charge in [-0.1, -0.05) is 0 Å². The molecular weight excluding hydrogens is 460 g/mol. The van der Waals surface area contributed by atoms with Crippen LogP contribution in [0.25, 0.3) is 0 Å². The Bertz CT molecular complexity index is 984. The first-order chi connectivity index (χ1) is 13.8. The van der Waals surface area contributed by atoms with E-state index in [0.29, 0.717) is 38.2 Å². The lowest BCUT2D eigenvalue weighted by Gasteiger charge is -2.31. The quantitative estimate of drug-likeness (QED) is 0.643. The Balaban J connectivity index is 1.67. The number of piperidine rings is 1. The molecule has 2 aromatic rings. The van der Waals surface area contributed by atoms with Gasteiger partial charge in [0.15, 0.2) is 0 Å². The van der Waals surface area contributed by atoms with Crippen molar-refractivity contribution in [3.63, 3.8) is 0 Å². The second-order valence-corrected chi connectivity index (χ2v) is 9.89. The summed E-state index contributed by atoms with van der Waals surface area (Å²) in [5, 5.41) is 11.5. The van der Waals surface area contributed by atoms with Crippen molar-refractivity contribution in [3.8, 4) is 0 Å². The first-order valence-electron chi connectivity index (χ1n) is 9.80. The van der Waals surface area contributed by atoms with Gasteiger partial charge in [-0.25, -0.2) is 8.42 Å². The molecule has 1 saturated heterocycles. The average molecular weight is 487 g/mol. The van der Waals surface area contributed by atoms with E-state index in [2.05, 4.69) is 31.4 Å². The van der Waals surface area contributed by atoms with Gasteiger partial charge in [0, 0.05) is 38.6 Å². The van der Waals surface area contributed by atoms with Crippen LogP contribution in [-0.2, 0) is 34.5 Å². The minimum absolute atomic E-state index is 0.149. The topological polar surface area (TPSA) is 102 Å².